The number of carbonyl (C=O) groups is 3. The molecule has 2 aromatic carbocycles. The zero-order valence-corrected chi connectivity index (χ0v) is 18.9. The summed E-state index contributed by atoms with van der Waals surface area (Å²) in [7, 11) is 0. The third-order valence-electron chi connectivity index (χ3n) is 7.28. The Morgan fingerprint density at radius 3 is 2.35 bits per heavy atom. The van der Waals surface area contributed by atoms with Crippen molar-refractivity contribution >= 4 is 18.0 Å². The van der Waals surface area contributed by atoms with Crippen LogP contribution < -0.4 is 5.32 Å². The number of nitrogens with zero attached hydrogens (tertiary/aromatic N) is 1. The van der Waals surface area contributed by atoms with Crippen LogP contribution in [0.15, 0.2) is 48.5 Å². The van der Waals surface area contributed by atoms with Gasteiger partial charge in [-0.25, -0.2) is 4.79 Å². The third kappa shape index (κ3) is 3.69. The van der Waals surface area contributed by atoms with Crippen molar-refractivity contribution < 1.29 is 24.2 Å². The number of carboxylic acids is 1. The van der Waals surface area contributed by atoms with Gasteiger partial charge in [0.2, 0.25) is 5.91 Å². The van der Waals surface area contributed by atoms with Crippen LogP contribution in [-0.2, 0) is 14.3 Å². The van der Waals surface area contributed by atoms with Crippen molar-refractivity contribution in [3.8, 4) is 23.0 Å². The van der Waals surface area contributed by atoms with E-state index >= 15 is 0 Å². The maximum Gasteiger partial charge on any atom is 0.407 e. The Kier molecular flexibility index (Phi) is 5.74. The first-order chi connectivity index (χ1) is 16.5. The van der Waals surface area contributed by atoms with Gasteiger partial charge in [-0.3, -0.25) is 9.59 Å². The summed E-state index contributed by atoms with van der Waals surface area (Å²) in [6.07, 6.45) is 0.157. The second kappa shape index (κ2) is 8.86. The number of benzene rings is 2. The normalized spacial score (nSPS) is 22.5. The number of hydrogen-bond donors (Lipinski definition) is 2. The monoisotopic (exact) mass is 458 g/mol. The van der Waals surface area contributed by atoms with E-state index in [0.29, 0.717) is 13.0 Å². The third-order valence-corrected chi connectivity index (χ3v) is 7.28. The number of ether oxygens (including phenoxy) is 1. The molecule has 0 radical (unpaired) electrons. The van der Waals surface area contributed by atoms with E-state index in [0.717, 1.165) is 22.3 Å². The fourth-order valence-corrected chi connectivity index (χ4v) is 5.63. The highest BCUT2D eigenvalue weighted by atomic mass is 16.5. The highest BCUT2D eigenvalue weighted by molar-refractivity contribution is 5.88. The molecule has 3 fully saturated rings. The quantitative estimate of drug-likeness (QED) is 0.648. The van der Waals surface area contributed by atoms with Crippen molar-refractivity contribution in [3.05, 3.63) is 59.7 Å². The zero-order valence-electron chi connectivity index (χ0n) is 18.9. The number of alkyl carbamates (subject to hydrolysis) is 1. The summed E-state index contributed by atoms with van der Waals surface area (Å²) in [5, 5.41) is 12.1. The van der Waals surface area contributed by atoms with Crippen LogP contribution >= 0.6 is 0 Å². The Hall–Kier alpha value is -3.79. The summed E-state index contributed by atoms with van der Waals surface area (Å²) in [5.74, 6) is 3.84. The van der Waals surface area contributed by atoms with Gasteiger partial charge in [0.1, 0.15) is 12.6 Å². The lowest BCUT2D eigenvalue weighted by atomic mass is 9.74. The highest BCUT2D eigenvalue weighted by Crippen LogP contribution is 2.47. The van der Waals surface area contributed by atoms with Crippen molar-refractivity contribution in [1.29, 1.82) is 0 Å². The Bertz CT molecular complexity index is 1170. The minimum Gasteiger partial charge on any atom is -0.481 e. The summed E-state index contributed by atoms with van der Waals surface area (Å²) in [6, 6.07) is 15.0. The molecule has 4 atom stereocenters. The van der Waals surface area contributed by atoms with Gasteiger partial charge in [0.25, 0.3) is 0 Å². The topological polar surface area (TPSA) is 95.9 Å². The second-order valence-electron chi connectivity index (χ2n) is 9.07. The number of carboxylic acid groups (broad SMARTS) is 1. The maximum absolute atomic E-state index is 13.2. The molecule has 2 saturated heterocycles. The summed E-state index contributed by atoms with van der Waals surface area (Å²) in [5.41, 5.74) is 4.49. The predicted octanol–water partition coefficient (Wildman–Crippen LogP) is 3.24. The van der Waals surface area contributed by atoms with E-state index in [1.807, 2.05) is 36.4 Å². The molecule has 2 aliphatic carbocycles. The van der Waals surface area contributed by atoms with Gasteiger partial charge in [0.15, 0.2) is 0 Å². The van der Waals surface area contributed by atoms with Crippen LogP contribution in [0, 0.1) is 23.7 Å². The summed E-state index contributed by atoms with van der Waals surface area (Å²) >= 11 is 0. The van der Waals surface area contributed by atoms with Crippen molar-refractivity contribution in [2.24, 2.45) is 11.8 Å². The average molecular weight is 459 g/mol. The van der Waals surface area contributed by atoms with Crippen LogP contribution in [0.25, 0.3) is 11.1 Å². The molecule has 7 nitrogen and oxygen atoms in total. The maximum atomic E-state index is 13.2. The Labute approximate surface area is 198 Å². The molecule has 174 valence electrons. The molecular formula is C27H26N2O5. The van der Waals surface area contributed by atoms with E-state index in [4.69, 9.17) is 4.74 Å². The number of nitrogens with one attached hydrogen (secondary N) is 1. The lowest BCUT2D eigenvalue weighted by Gasteiger charge is -2.34. The second-order valence-corrected chi connectivity index (χ2v) is 9.07. The number of rotatable bonds is 6. The van der Waals surface area contributed by atoms with Gasteiger partial charge in [-0.05, 0) is 41.5 Å². The smallest absolute Gasteiger partial charge is 0.407 e. The van der Waals surface area contributed by atoms with Crippen molar-refractivity contribution in [2.45, 2.75) is 37.8 Å². The van der Waals surface area contributed by atoms with Gasteiger partial charge < -0.3 is 20.1 Å². The molecule has 0 spiro atoms. The number of carbonyl (C=O) groups excluding carboxylic acids is 2. The van der Waals surface area contributed by atoms with Crippen molar-refractivity contribution in [1.82, 2.24) is 10.2 Å². The molecule has 2 amide bonds. The first-order valence-corrected chi connectivity index (χ1v) is 11.5. The fourth-order valence-electron chi connectivity index (χ4n) is 5.63. The lowest BCUT2D eigenvalue weighted by molar-refractivity contribution is -0.148. The Balaban J connectivity index is 1.26. The largest absolute Gasteiger partial charge is 0.481 e. The summed E-state index contributed by atoms with van der Waals surface area (Å²) in [4.78, 5) is 39.0. The first kappa shape index (κ1) is 22.0. The van der Waals surface area contributed by atoms with Crippen LogP contribution in [0.2, 0.25) is 0 Å². The summed E-state index contributed by atoms with van der Waals surface area (Å²) < 4.78 is 5.60. The molecule has 1 saturated carbocycles. The van der Waals surface area contributed by atoms with Crippen molar-refractivity contribution in [2.75, 3.05) is 13.2 Å². The van der Waals surface area contributed by atoms with E-state index < -0.39 is 24.0 Å². The number of hydrogen-bond acceptors (Lipinski definition) is 4. The minimum atomic E-state index is -0.878. The van der Waals surface area contributed by atoms with E-state index in [9.17, 15) is 19.5 Å². The number of aliphatic carboxylic acids is 1. The molecule has 2 aliphatic heterocycles. The molecular weight excluding hydrogens is 432 g/mol. The van der Waals surface area contributed by atoms with E-state index in [1.165, 1.54) is 0 Å². The minimum absolute atomic E-state index is 0.0150. The van der Waals surface area contributed by atoms with E-state index in [2.05, 4.69) is 29.3 Å². The molecule has 6 rings (SSSR count). The summed E-state index contributed by atoms with van der Waals surface area (Å²) in [6.45, 7) is 2.22. The van der Waals surface area contributed by atoms with Crippen LogP contribution in [-0.4, -0.2) is 53.2 Å². The molecule has 4 aliphatic rings. The molecule has 4 unspecified atom stereocenters. The average Bonchev–Trinajstić information content (AvgIpc) is 3.50. The van der Waals surface area contributed by atoms with Gasteiger partial charge in [-0.1, -0.05) is 48.5 Å². The highest BCUT2D eigenvalue weighted by Gasteiger charge is 2.57. The van der Waals surface area contributed by atoms with Crippen LogP contribution in [0.1, 0.15) is 36.8 Å². The molecule has 2 N–H and O–H groups in total. The van der Waals surface area contributed by atoms with Gasteiger partial charge in [0.05, 0.1) is 5.92 Å². The van der Waals surface area contributed by atoms with Gasteiger partial charge in [-0.2, -0.15) is 0 Å². The van der Waals surface area contributed by atoms with Crippen LogP contribution in [0.3, 0.4) is 0 Å². The number of fused-ring (bicyclic) bond motifs is 4. The van der Waals surface area contributed by atoms with Gasteiger partial charge in [0, 0.05) is 24.9 Å². The standard InChI is InChI=1S/C27H26N2O5/c1-2-3-12-22(25(30)29-14-16-13-23(29)24(16)26(31)32)28-27(33)34-15-21-19-10-6-4-8-17(19)18-9-5-7-11-20(18)21/h4-11,16,21-24H,12-15H2,1H3,(H,28,33)(H,31,32). The zero-order chi connectivity index (χ0) is 23.8. The molecule has 2 bridgehead atoms. The fraction of sp³-hybridized carbons (Fsp3) is 0.370. The van der Waals surface area contributed by atoms with E-state index in [1.54, 1.807) is 11.8 Å². The number of amides is 2. The van der Waals surface area contributed by atoms with Crippen LogP contribution in [0.4, 0.5) is 4.79 Å². The molecule has 34 heavy (non-hydrogen) atoms. The SMILES string of the molecule is CC#CCC(NC(=O)OCC1c2ccccc2-c2ccccc21)C(=O)N1CC2CC1C2C(=O)O. The molecule has 0 aromatic heterocycles. The first-order valence-electron chi connectivity index (χ1n) is 11.5. The van der Waals surface area contributed by atoms with Crippen molar-refractivity contribution in [3.63, 3.8) is 0 Å². The predicted molar refractivity (Wildman–Crippen MR) is 125 cm³/mol. The Morgan fingerprint density at radius 2 is 1.76 bits per heavy atom. The van der Waals surface area contributed by atoms with Gasteiger partial charge >= 0.3 is 12.1 Å². The van der Waals surface area contributed by atoms with Crippen LogP contribution in [0.5, 0.6) is 0 Å². The Morgan fingerprint density at radius 1 is 1.12 bits per heavy atom. The molecule has 7 heteroatoms. The molecule has 2 aromatic rings. The van der Waals surface area contributed by atoms with Gasteiger partial charge in [-0.15, -0.1) is 11.8 Å². The molecule has 2 heterocycles. The van der Waals surface area contributed by atoms with E-state index in [-0.39, 0.29) is 36.8 Å². The lowest BCUT2D eigenvalue weighted by Crippen LogP contribution is -2.51.